The van der Waals surface area contributed by atoms with Crippen LogP contribution in [0.15, 0.2) is 11.8 Å². The van der Waals surface area contributed by atoms with Gasteiger partial charge in [-0.15, -0.1) is 24.4 Å². The maximum absolute atomic E-state index is 5.27. The van der Waals surface area contributed by atoms with E-state index in [1.54, 1.807) is 0 Å². The molecule has 2 fully saturated rings. The first-order valence-corrected chi connectivity index (χ1v) is 14.7. The maximum Gasteiger partial charge on any atom is 0.0439 e. The fourth-order valence-electron chi connectivity index (χ4n) is 5.60. The number of halogens is 1. The lowest BCUT2D eigenvalue weighted by molar-refractivity contribution is 0.277. The van der Waals surface area contributed by atoms with Gasteiger partial charge in [-0.25, -0.2) is 0 Å². The van der Waals surface area contributed by atoms with Crippen molar-refractivity contribution in [3.63, 3.8) is 0 Å². The number of hydrogen-bond acceptors (Lipinski definition) is 2. The van der Waals surface area contributed by atoms with Crippen LogP contribution in [-0.2, 0) is 0 Å². The molecular formula is C31H59ClN2. The largest absolute Gasteiger partial charge is 0.384 e. The second-order valence-electron chi connectivity index (χ2n) is 11.5. The first-order chi connectivity index (χ1) is 16.1. The minimum atomic E-state index is 0.306. The van der Waals surface area contributed by atoms with Gasteiger partial charge in [-0.05, 0) is 76.0 Å². The molecule has 2 saturated carbocycles. The first kappa shape index (κ1) is 33.4. The van der Waals surface area contributed by atoms with Gasteiger partial charge in [-0.3, -0.25) is 0 Å². The summed E-state index contributed by atoms with van der Waals surface area (Å²) in [6, 6.07) is 1.81. The van der Waals surface area contributed by atoms with E-state index in [-0.39, 0.29) is 0 Å². The zero-order valence-electron chi connectivity index (χ0n) is 24.2. The van der Waals surface area contributed by atoms with E-state index >= 15 is 0 Å². The van der Waals surface area contributed by atoms with Gasteiger partial charge in [0, 0.05) is 29.2 Å². The zero-order chi connectivity index (χ0) is 26.3. The molecule has 0 aromatic carbocycles. The van der Waals surface area contributed by atoms with E-state index in [0.717, 1.165) is 29.7 Å². The lowest BCUT2D eigenvalue weighted by atomic mass is 9.80. The fourth-order valence-corrected chi connectivity index (χ4v) is 5.60. The van der Waals surface area contributed by atoms with Gasteiger partial charge in [-0.1, -0.05) is 79.7 Å². The van der Waals surface area contributed by atoms with Crippen LogP contribution in [0.5, 0.6) is 0 Å². The van der Waals surface area contributed by atoms with Crippen molar-refractivity contribution in [2.24, 2.45) is 29.6 Å². The van der Waals surface area contributed by atoms with E-state index in [4.69, 9.17) is 11.6 Å². The minimum absolute atomic E-state index is 0.306. The molecule has 1 heterocycles. The number of terminal acetylenes is 1. The van der Waals surface area contributed by atoms with Crippen molar-refractivity contribution >= 4 is 11.6 Å². The number of hydrogen-bond donors (Lipinski definition) is 2. The molecular weight excluding hydrogens is 436 g/mol. The lowest BCUT2D eigenvalue weighted by Gasteiger charge is -2.30. The Morgan fingerprint density at radius 2 is 1.53 bits per heavy atom. The van der Waals surface area contributed by atoms with Crippen molar-refractivity contribution in [3.8, 4) is 12.8 Å². The zero-order valence-corrected chi connectivity index (χ0v) is 24.9. The third-order valence-corrected chi connectivity index (χ3v) is 7.93. The molecule has 2 N–H and O–H groups in total. The highest BCUT2D eigenvalue weighted by atomic mass is 35.5. The average Bonchev–Trinajstić information content (AvgIpc) is 3.48. The van der Waals surface area contributed by atoms with E-state index in [2.05, 4.69) is 78.0 Å². The number of rotatable bonds is 7. The maximum atomic E-state index is 5.27. The van der Waals surface area contributed by atoms with Crippen LogP contribution in [0, 0.1) is 42.4 Å². The summed E-state index contributed by atoms with van der Waals surface area (Å²) in [5.41, 5.74) is 1.45. The van der Waals surface area contributed by atoms with Crippen LogP contribution in [-0.4, -0.2) is 23.5 Å². The van der Waals surface area contributed by atoms with Crippen LogP contribution >= 0.6 is 11.6 Å². The van der Waals surface area contributed by atoms with E-state index in [9.17, 15) is 0 Å². The average molecular weight is 495 g/mol. The summed E-state index contributed by atoms with van der Waals surface area (Å²) in [5.74, 6) is 4.46. The van der Waals surface area contributed by atoms with Crippen LogP contribution in [0.25, 0.3) is 0 Å². The van der Waals surface area contributed by atoms with Crippen molar-refractivity contribution in [3.05, 3.63) is 11.8 Å². The molecule has 1 aliphatic heterocycles. The van der Waals surface area contributed by atoms with Crippen LogP contribution in [0.3, 0.4) is 0 Å². The highest BCUT2D eigenvalue weighted by Crippen LogP contribution is 2.35. The van der Waals surface area contributed by atoms with Gasteiger partial charge in [0.15, 0.2) is 0 Å². The quantitative estimate of drug-likeness (QED) is 0.273. The van der Waals surface area contributed by atoms with Crippen LogP contribution in [0.1, 0.15) is 120 Å². The van der Waals surface area contributed by atoms with E-state index in [1.165, 1.54) is 63.5 Å². The first-order valence-electron chi connectivity index (χ1n) is 14.3. The normalized spacial score (nSPS) is 26.4. The summed E-state index contributed by atoms with van der Waals surface area (Å²) in [6.07, 6.45) is 23.2. The topological polar surface area (TPSA) is 24.1 Å². The number of alkyl halides is 1. The van der Waals surface area contributed by atoms with E-state index < -0.39 is 0 Å². The van der Waals surface area contributed by atoms with Crippen molar-refractivity contribution in [2.45, 2.75) is 144 Å². The Morgan fingerprint density at radius 3 is 2.00 bits per heavy atom. The Balaban J connectivity index is 0.000000602. The molecule has 6 atom stereocenters. The SMILES string of the molecule is C#C.CC(C)Cl.CCC(C)C1CCCC1.CCC(NC(C)C1=CC2CC(C)CCC2N1)C(C)C. The Morgan fingerprint density at radius 1 is 0.971 bits per heavy atom. The number of nitrogens with one attached hydrogen (secondary N) is 2. The van der Waals surface area contributed by atoms with Crippen molar-refractivity contribution in [2.75, 3.05) is 0 Å². The summed E-state index contributed by atoms with van der Waals surface area (Å²) >= 11 is 5.27. The highest BCUT2D eigenvalue weighted by molar-refractivity contribution is 6.20. The molecule has 0 amide bonds. The van der Waals surface area contributed by atoms with Crippen LogP contribution in [0.2, 0.25) is 0 Å². The van der Waals surface area contributed by atoms with Gasteiger partial charge < -0.3 is 10.6 Å². The minimum Gasteiger partial charge on any atom is -0.384 e. The Hall–Kier alpha value is -0.650. The summed E-state index contributed by atoms with van der Waals surface area (Å²) in [5, 5.41) is 7.88. The Labute approximate surface area is 219 Å². The molecule has 0 radical (unpaired) electrons. The van der Waals surface area contributed by atoms with Crippen molar-refractivity contribution < 1.29 is 0 Å². The Kier molecular flexibility index (Phi) is 18.2. The van der Waals surface area contributed by atoms with Crippen LogP contribution < -0.4 is 10.6 Å². The molecule has 6 unspecified atom stereocenters. The molecule has 3 heteroatoms. The van der Waals surface area contributed by atoms with Crippen molar-refractivity contribution in [1.29, 1.82) is 0 Å². The van der Waals surface area contributed by atoms with Crippen molar-refractivity contribution in [1.82, 2.24) is 10.6 Å². The van der Waals surface area contributed by atoms with Gasteiger partial charge in [-0.2, -0.15) is 0 Å². The summed E-state index contributed by atoms with van der Waals surface area (Å²) in [7, 11) is 0. The molecule has 2 nitrogen and oxygen atoms in total. The third-order valence-electron chi connectivity index (χ3n) is 7.93. The van der Waals surface area contributed by atoms with Gasteiger partial charge in [0.2, 0.25) is 0 Å². The van der Waals surface area contributed by atoms with Gasteiger partial charge >= 0.3 is 0 Å². The molecule has 0 spiro atoms. The predicted molar refractivity (Wildman–Crippen MR) is 155 cm³/mol. The van der Waals surface area contributed by atoms with Gasteiger partial charge in [0.25, 0.3) is 0 Å². The lowest BCUT2D eigenvalue weighted by Crippen LogP contribution is -2.44. The number of fused-ring (bicyclic) bond motifs is 1. The third kappa shape index (κ3) is 12.9. The standard InChI is InChI=1S/C17H32N2.C9H18.C3H7Cl.C2H2/c1-6-15(11(2)3)18-13(5)17-10-14-9-12(4)7-8-16(14)19-17;1-3-8(2)9-6-4-5-7-9;1-3(2)4;1-2/h10-16,18-19H,6-9H2,1-5H3;8-9H,3-7H2,1-2H3;3H,1-2H3;1-2H. The predicted octanol–water partition coefficient (Wildman–Crippen LogP) is 8.80. The molecule has 3 rings (SSSR count). The highest BCUT2D eigenvalue weighted by Gasteiger charge is 2.33. The molecule has 0 bridgehead atoms. The molecule has 0 aromatic heterocycles. The smallest absolute Gasteiger partial charge is 0.0439 e. The van der Waals surface area contributed by atoms with E-state index in [0.29, 0.717) is 23.4 Å². The molecule has 0 saturated heterocycles. The monoisotopic (exact) mass is 494 g/mol. The molecule has 200 valence electrons. The summed E-state index contributed by atoms with van der Waals surface area (Å²) in [4.78, 5) is 0. The molecule has 2 aliphatic carbocycles. The second-order valence-corrected chi connectivity index (χ2v) is 12.4. The molecule has 3 aliphatic rings. The summed E-state index contributed by atoms with van der Waals surface area (Å²) < 4.78 is 0. The van der Waals surface area contributed by atoms with Crippen LogP contribution in [0.4, 0.5) is 0 Å². The summed E-state index contributed by atoms with van der Waals surface area (Å²) in [6.45, 7) is 20.2. The Bertz CT molecular complexity index is 544. The second kappa shape index (κ2) is 18.6. The van der Waals surface area contributed by atoms with Gasteiger partial charge in [0.05, 0.1) is 0 Å². The molecule has 34 heavy (non-hydrogen) atoms. The fraction of sp³-hybridized carbons (Fsp3) is 0.871. The van der Waals surface area contributed by atoms with Gasteiger partial charge in [0.1, 0.15) is 0 Å². The van der Waals surface area contributed by atoms with E-state index in [1.807, 2.05) is 13.8 Å². The molecule has 0 aromatic rings.